The SMILES string of the molecule is C#CCOC(=O)c1cc(-c2ccc(C=Nc3ccc(O)cc3)o2)ccc1Cl. The highest BCUT2D eigenvalue weighted by Gasteiger charge is 2.14. The maximum atomic E-state index is 12.0. The number of benzene rings is 2. The molecule has 5 nitrogen and oxygen atoms in total. The molecule has 0 amide bonds. The molecule has 0 spiro atoms. The van der Waals surface area contributed by atoms with Gasteiger partial charge in [0, 0.05) is 5.56 Å². The standard InChI is InChI=1S/C21H14ClNO4/c1-2-11-26-21(25)18-12-14(3-9-19(18)22)20-10-8-17(27-20)13-23-15-4-6-16(24)7-5-15/h1,3-10,12-13,24H,11H2. The van der Waals surface area contributed by atoms with E-state index in [9.17, 15) is 9.90 Å². The average Bonchev–Trinajstić information content (AvgIpc) is 3.15. The van der Waals surface area contributed by atoms with Crippen LogP contribution in [0.15, 0.2) is 64.0 Å². The second-order valence-corrected chi connectivity index (χ2v) is 5.86. The van der Waals surface area contributed by atoms with Gasteiger partial charge in [-0.3, -0.25) is 4.99 Å². The van der Waals surface area contributed by atoms with Gasteiger partial charge < -0.3 is 14.3 Å². The fraction of sp³-hybridized carbons (Fsp3) is 0.0476. The molecule has 0 aliphatic rings. The molecule has 3 aromatic rings. The number of hydrogen-bond donors (Lipinski definition) is 1. The number of carbonyl (C=O) groups is 1. The monoisotopic (exact) mass is 379 g/mol. The van der Waals surface area contributed by atoms with Crippen LogP contribution in [0.5, 0.6) is 5.75 Å². The van der Waals surface area contributed by atoms with Crippen LogP contribution in [-0.2, 0) is 4.74 Å². The molecular weight excluding hydrogens is 366 g/mol. The van der Waals surface area contributed by atoms with Gasteiger partial charge in [0.25, 0.3) is 0 Å². The summed E-state index contributed by atoms with van der Waals surface area (Å²) in [4.78, 5) is 16.3. The maximum absolute atomic E-state index is 12.0. The van der Waals surface area contributed by atoms with Crippen molar-refractivity contribution >= 4 is 29.5 Å². The molecule has 0 radical (unpaired) electrons. The summed E-state index contributed by atoms with van der Waals surface area (Å²) in [6, 6.07) is 14.9. The lowest BCUT2D eigenvalue weighted by atomic mass is 10.1. The van der Waals surface area contributed by atoms with Crippen LogP contribution in [0.3, 0.4) is 0 Å². The number of esters is 1. The first-order chi connectivity index (χ1) is 13.1. The minimum atomic E-state index is -0.597. The van der Waals surface area contributed by atoms with Crippen molar-refractivity contribution in [1.29, 1.82) is 0 Å². The number of terminal acetylenes is 1. The Balaban J connectivity index is 1.81. The molecule has 0 bridgehead atoms. The fourth-order valence-electron chi connectivity index (χ4n) is 2.27. The molecule has 134 valence electrons. The number of phenols is 1. The van der Waals surface area contributed by atoms with E-state index in [4.69, 9.17) is 27.2 Å². The predicted octanol–water partition coefficient (Wildman–Crippen LogP) is 4.85. The number of hydrogen-bond acceptors (Lipinski definition) is 5. The molecule has 1 aromatic heterocycles. The third kappa shape index (κ3) is 4.57. The van der Waals surface area contributed by atoms with E-state index < -0.39 is 5.97 Å². The highest BCUT2D eigenvalue weighted by Crippen LogP contribution is 2.27. The number of halogens is 1. The number of aliphatic imine (C=N–C) groups is 1. The highest BCUT2D eigenvalue weighted by molar-refractivity contribution is 6.33. The van der Waals surface area contributed by atoms with Gasteiger partial charge in [0.15, 0.2) is 6.61 Å². The number of furan rings is 1. The number of aromatic hydroxyl groups is 1. The molecule has 0 saturated heterocycles. The summed E-state index contributed by atoms with van der Waals surface area (Å²) in [7, 11) is 0. The summed E-state index contributed by atoms with van der Waals surface area (Å²) in [6.07, 6.45) is 6.66. The van der Waals surface area contributed by atoms with E-state index in [1.165, 1.54) is 0 Å². The Morgan fingerprint density at radius 1 is 1.22 bits per heavy atom. The lowest BCUT2D eigenvalue weighted by Gasteiger charge is -2.05. The fourth-order valence-corrected chi connectivity index (χ4v) is 2.47. The van der Waals surface area contributed by atoms with Crippen molar-refractivity contribution in [2.45, 2.75) is 0 Å². The molecule has 0 aliphatic heterocycles. The van der Waals surface area contributed by atoms with Crippen molar-refractivity contribution in [1.82, 2.24) is 0 Å². The zero-order valence-corrected chi connectivity index (χ0v) is 14.8. The zero-order valence-electron chi connectivity index (χ0n) is 14.1. The molecular formula is C21H14ClNO4. The van der Waals surface area contributed by atoms with Crippen LogP contribution in [0.2, 0.25) is 5.02 Å². The topological polar surface area (TPSA) is 72.0 Å². The molecule has 2 aromatic carbocycles. The Morgan fingerprint density at radius 2 is 2.00 bits per heavy atom. The van der Waals surface area contributed by atoms with Crippen LogP contribution in [0.4, 0.5) is 5.69 Å². The van der Waals surface area contributed by atoms with Gasteiger partial charge in [-0.25, -0.2) is 4.79 Å². The van der Waals surface area contributed by atoms with Crippen molar-refractivity contribution < 1.29 is 19.1 Å². The van der Waals surface area contributed by atoms with Crippen LogP contribution in [0, 0.1) is 12.3 Å². The highest BCUT2D eigenvalue weighted by atomic mass is 35.5. The summed E-state index contributed by atoms with van der Waals surface area (Å²) in [5.74, 6) is 2.89. The molecule has 1 heterocycles. The van der Waals surface area contributed by atoms with Crippen molar-refractivity contribution in [3.63, 3.8) is 0 Å². The molecule has 0 fully saturated rings. The van der Waals surface area contributed by atoms with E-state index in [-0.39, 0.29) is 22.9 Å². The molecule has 27 heavy (non-hydrogen) atoms. The van der Waals surface area contributed by atoms with Crippen LogP contribution >= 0.6 is 11.6 Å². The third-order valence-electron chi connectivity index (χ3n) is 3.57. The van der Waals surface area contributed by atoms with Gasteiger partial charge in [-0.05, 0) is 54.6 Å². The van der Waals surface area contributed by atoms with Gasteiger partial charge in [0.05, 0.1) is 22.5 Å². The Kier molecular flexibility index (Phi) is 5.60. The van der Waals surface area contributed by atoms with Crippen LogP contribution in [-0.4, -0.2) is 23.9 Å². The Morgan fingerprint density at radius 3 is 2.74 bits per heavy atom. The van der Waals surface area contributed by atoms with Crippen molar-refractivity contribution in [2.75, 3.05) is 6.61 Å². The summed E-state index contributed by atoms with van der Waals surface area (Å²) >= 11 is 6.07. The van der Waals surface area contributed by atoms with Crippen molar-refractivity contribution in [2.24, 2.45) is 4.99 Å². The smallest absolute Gasteiger partial charge is 0.340 e. The number of carbonyl (C=O) groups excluding carboxylic acids is 1. The maximum Gasteiger partial charge on any atom is 0.340 e. The number of ether oxygens (including phenoxy) is 1. The second-order valence-electron chi connectivity index (χ2n) is 5.45. The van der Waals surface area contributed by atoms with E-state index in [1.54, 1.807) is 60.8 Å². The van der Waals surface area contributed by atoms with E-state index >= 15 is 0 Å². The lowest BCUT2D eigenvalue weighted by molar-refractivity contribution is 0.0557. The van der Waals surface area contributed by atoms with Gasteiger partial charge in [-0.15, -0.1) is 6.42 Å². The predicted molar refractivity (Wildman–Crippen MR) is 104 cm³/mol. The summed E-state index contributed by atoms with van der Waals surface area (Å²) < 4.78 is 10.7. The summed E-state index contributed by atoms with van der Waals surface area (Å²) in [5, 5.41) is 9.54. The van der Waals surface area contributed by atoms with E-state index in [1.807, 2.05) is 0 Å². The zero-order chi connectivity index (χ0) is 19.2. The van der Waals surface area contributed by atoms with Gasteiger partial charge in [-0.1, -0.05) is 17.5 Å². The largest absolute Gasteiger partial charge is 0.508 e. The Bertz CT molecular complexity index is 1030. The van der Waals surface area contributed by atoms with Crippen LogP contribution in [0.1, 0.15) is 16.1 Å². The Hall–Kier alpha value is -3.49. The average molecular weight is 380 g/mol. The molecule has 0 unspecified atom stereocenters. The number of phenolic OH excluding ortho intramolecular Hbond substituents is 1. The molecule has 0 saturated carbocycles. The van der Waals surface area contributed by atoms with E-state index in [0.29, 0.717) is 22.8 Å². The third-order valence-corrected chi connectivity index (χ3v) is 3.90. The number of rotatable bonds is 5. The van der Waals surface area contributed by atoms with E-state index in [2.05, 4.69) is 10.9 Å². The molecule has 1 N–H and O–H groups in total. The quantitative estimate of drug-likeness (QED) is 0.391. The summed E-state index contributed by atoms with van der Waals surface area (Å²) in [5.41, 5.74) is 1.55. The van der Waals surface area contributed by atoms with Gasteiger partial charge in [0.1, 0.15) is 17.3 Å². The first-order valence-electron chi connectivity index (χ1n) is 7.90. The first kappa shape index (κ1) is 18.3. The van der Waals surface area contributed by atoms with Crippen molar-refractivity contribution in [3.05, 3.63) is 70.9 Å². The van der Waals surface area contributed by atoms with Crippen molar-refractivity contribution in [3.8, 4) is 29.4 Å². The first-order valence-corrected chi connectivity index (χ1v) is 8.28. The number of nitrogens with zero attached hydrogens (tertiary/aromatic N) is 1. The summed E-state index contributed by atoms with van der Waals surface area (Å²) in [6.45, 7) is -0.127. The lowest BCUT2D eigenvalue weighted by Crippen LogP contribution is -2.06. The van der Waals surface area contributed by atoms with Gasteiger partial charge in [-0.2, -0.15) is 0 Å². The Labute approximate surface area is 160 Å². The van der Waals surface area contributed by atoms with Gasteiger partial charge in [0.2, 0.25) is 0 Å². The molecule has 0 atom stereocenters. The molecule has 0 aliphatic carbocycles. The normalized spacial score (nSPS) is 10.7. The minimum Gasteiger partial charge on any atom is -0.508 e. The second kappa shape index (κ2) is 8.26. The molecule has 3 rings (SSSR count). The van der Waals surface area contributed by atoms with Crippen LogP contribution in [0.25, 0.3) is 11.3 Å². The molecule has 6 heteroatoms. The van der Waals surface area contributed by atoms with E-state index in [0.717, 1.165) is 0 Å². The minimum absolute atomic E-state index is 0.127. The van der Waals surface area contributed by atoms with Gasteiger partial charge >= 0.3 is 5.97 Å². The van der Waals surface area contributed by atoms with Crippen LogP contribution < -0.4 is 0 Å².